The van der Waals surface area contributed by atoms with E-state index in [1.165, 1.54) is 89.9 Å². The van der Waals surface area contributed by atoms with Crippen LogP contribution in [0, 0.1) is 0 Å². The zero-order valence-corrected chi connectivity index (χ0v) is 49.0. The van der Waals surface area contributed by atoms with Crippen molar-refractivity contribution in [1.29, 1.82) is 0 Å². The standard InChI is InChI=1S/C70H112O6/c1-4-7-10-13-16-19-22-25-28-30-31-32-33-34-35-36-37-38-39-40-43-45-48-51-54-57-60-63-69(72)75-66-67(65-74-68(71)62-59-56-53-50-47-44-41-27-24-21-18-15-12-9-6-3)76-70(73)64-61-58-55-52-49-46-42-29-26-23-20-17-14-11-8-5-2/h7,9-10,12,16,18-21,23,25,27-29,31-32,34-35,41-42,47,50,56,59,67H,4-6,8,11,13-15,17,22,24,26,30,33,36-40,43-46,48-49,51-55,57-58,60-66H2,1-3H3/b10-7-,12-9-,19-16-,21-18-,23-20-,28-25-,32-31-,35-34-,41-27-,42-29-,50-47-,59-56-. The van der Waals surface area contributed by atoms with Gasteiger partial charge in [0.1, 0.15) is 13.2 Å². The Morgan fingerprint density at radius 1 is 0.289 bits per heavy atom. The molecule has 0 aliphatic carbocycles. The zero-order chi connectivity index (χ0) is 55.0. The number of hydrogen-bond donors (Lipinski definition) is 0. The van der Waals surface area contributed by atoms with Gasteiger partial charge in [0.25, 0.3) is 0 Å². The second-order valence-electron chi connectivity index (χ2n) is 19.9. The number of allylic oxidation sites excluding steroid dienone is 23. The fraction of sp³-hybridized carbons (Fsp3) is 0.614. The van der Waals surface area contributed by atoms with Crippen LogP contribution >= 0.6 is 0 Å². The van der Waals surface area contributed by atoms with Gasteiger partial charge in [0, 0.05) is 12.8 Å². The van der Waals surface area contributed by atoms with Crippen LogP contribution < -0.4 is 0 Å². The molecule has 0 bridgehead atoms. The normalized spacial score (nSPS) is 13.1. The highest BCUT2D eigenvalue weighted by molar-refractivity contribution is 5.72. The van der Waals surface area contributed by atoms with E-state index in [1.54, 1.807) is 6.08 Å². The molecule has 0 N–H and O–H groups in total. The van der Waals surface area contributed by atoms with Crippen LogP contribution in [0.1, 0.15) is 258 Å². The smallest absolute Gasteiger partial charge is 0.309 e. The van der Waals surface area contributed by atoms with Gasteiger partial charge >= 0.3 is 17.9 Å². The molecule has 6 nitrogen and oxygen atoms in total. The highest BCUT2D eigenvalue weighted by atomic mass is 16.6. The third-order valence-electron chi connectivity index (χ3n) is 12.6. The van der Waals surface area contributed by atoms with Gasteiger partial charge in [0.05, 0.1) is 6.42 Å². The maximum absolute atomic E-state index is 12.9. The molecule has 0 spiro atoms. The first-order valence-electron chi connectivity index (χ1n) is 30.8. The molecule has 1 unspecified atom stereocenters. The first kappa shape index (κ1) is 71.3. The van der Waals surface area contributed by atoms with E-state index >= 15 is 0 Å². The van der Waals surface area contributed by atoms with E-state index in [1.807, 2.05) is 6.08 Å². The van der Waals surface area contributed by atoms with Gasteiger partial charge in [-0.05, 0) is 122 Å². The minimum Gasteiger partial charge on any atom is -0.462 e. The Balaban J connectivity index is 4.42. The molecule has 0 aliphatic heterocycles. The van der Waals surface area contributed by atoms with Crippen LogP contribution in [0.15, 0.2) is 146 Å². The van der Waals surface area contributed by atoms with Crippen molar-refractivity contribution >= 4 is 17.9 Å². The van der Waals surface area contributed by atoms with Crippen molar-refractivity contribution in [3.05, 3.63) is 146 Å². The summed E-state index contributed by atoms with van der Waals surface area (Å²) < 4.78 is 16.8. The van der Waals surface area contributed by atoms with Crippen molar-refractivity contribution < 1.29 is 28.6 Å². The summed E-state index contributed by atoms with van der Waals surface area (Å²) in [6.07, 6.45) is 90.2. The first-order valence-corrected chi connectivity index (χ1v) is 30.8. The van der Waals surface area contributed by atoms with Gasteiger partial charge in [0.2, 0.25) is 0 Å². The topological polar surface area (TPSA) is 78.9 Å². The van der Waals surface area contributed by atoms with E-state index in [2.05, 4.69) is 154 Å². The number of carbonyl (C=O) groups is 3. The third kappa shape index (κ3) is 60.2. The van der Waals surface area contributed by atoms with Gasteiger partial charge < -0.3 is 14.2 Å². The minimum atomic E-state index is -0.833. The van der Waals surface area contributed by atoms with Crippen LogP contribution in [-0.4, -0.2) is 37.2 Å². The number of rotatable bonds is 54. The molecule has 428 valence electrons. The average molecular weight is 1050 g/mol. The maximum atomic E-state index is 12.9. The van der Waals surface area contributed by atoms with Crippen LogP contribution in [0.5, 0.6) is 0 Å². The summed E-state index contributed by atoms with van der Waals surface area (Å²) in [7, 11) is 0. The largest absolute Gasteiger partial charge is 0.462 e. The van der Waals surface area contributed by atoms with Crippen molar-refractivity contribution in [2.24, 2.45) is 0 Å². The number of unbranched alkanes of at least 4 members (excludes halogenated alkanes) is 20. The Hall–Kier alpha value is -4.71. The Kier molecular flexibility index (Phi) is 58.9. The van der Waals surface area contributed by atoms with E-state index in [0.717, 1.165) is 128 Å². The fourth-order valence-corrected chi connectivity index (χ4v) is 8.04. The summed E-state index contributed by atoms with van der Waals surface area (Å²) >= 11 is 0. The molecular weight excluding hydrogens is 937 g/mol. The van der Waals surface area contributed by atoms with Crippen molar-refractivity contribution in [3.63, 3.8) is 0 Å². The van der Waals surface area contributed by atoms with Gasteiger partial charge in [-0.15, -0.1) is 0 Å². The van der Waals surface area contributed by atoms with Crippen molar-refractivity contribution in [3.8, 4) is 0 Å². The number of ether oxygens (including phenoxy) is 3. The van der Waals surface area contributed by atoms with Crippen LogP contribution in [-0.2, 0) is 28.6 Å². The van der Waals surface area contributed by atoms with Crippen LogP contribution in [0.3, 0.4) is 0 Å². The fourth-order valence-electron chi connectivity index (χ4n) is 8.04. The van der Waals surface area contributed by atoms with E-state index in [0.29, 0.717) is 6.42 Å². The molecule has 0 aromatic heterocycles. The van der Waals surface area contributed by atoms with Gasteiger partial charge in [-0.25, -0.2) is 0 Å². The Bertz CT molecular complexity index is 1680. The lowest BCUT2D eigenvalue weighted by molar-refractivity contribution is -0.166. The molecule has 6 heteroatoms. The summed E-state index contributed by atoms with van der Waals surface area (Å²) in [5.41, 5.74) is 0. The monoisotopic (exact) mass is 1050 g/mol. The quantitative estimate of drug-likeness (QED) is 0.0261. The Labute approximate surface area is 467 Å². The predicted octanol–water partition coefficient (Wildman–Crippen LogP) is 21.2. The summed E-state index contributed by atoms with van der Waals surface area (Å²) in [5, 5.41) is 0. The van der Waals surface area contributed by atoms with Crippen molar-refractivity contribution in [2.45, 2.75) is 264 Å². The van der Waals surface area contributed by atoms with Gasteiger partial charge in [-0.3, -0.25) is 14.4 Å². The summed E-state index contributed by atoms with van der Waals surface area (Å²) in [4.78, 5) is 38.2. The molecule has 1 atom stereocenters. The highest BCUT2D eigenvalue weighted by Gasteiger charge is 2.19. The van der Waals surface area contributed by atoms with Crippen LogP contribution in [0.25, 0.3) is 0 Å². The molecular formula is C70H112O6. The lowest BCUT2D eigenvalue weighted by Gasteiger charge is -2.18. The molecule has 0 radical (unpaired) electrons. The number of esters is 3. The van der Waals surface area contributed by atoms with Gasteiger partial charge in [0.15, 0.2) is 6.10 Å². The molecule has 0 heterocycles. The Morgan fingerprint density at radius 2 is 0.566 bits per heavy atom. The van der Waals surface area contributed by atoms with Gasteiger partial charge in [-0.1, -0.05) is 263 Å². The molecule has 0 rings (SSSR count). The molecule has 0 aromatic rings. The molecule has 0 saturated carbocycles. The van der Waals surface area contributed by atoms with Crippen LogP contribution in [0.2, 0.25) is 0 Å². The Morgan fingerprint density at radius 3 is 0.921 bits per heavy atom. The van der Waals surface area contributed by atoms with E-state index in [4.69, 9.17) is 14.2 Å². The third-order valence-corrected chi connectivity index (χ3v) is 12.6. The summed E-state index contributed by atoms with van der Waals surface area (Å²) in [6, 6.07) is 0. The molecule has 0 saturated heterocycles. The average Bonchev–Trinajstić information content (AvgIpc) is 3.42. The minimum absolute atomic E-state index is 0.118. The second kappa shape index (κ2) is 62.8. The lowest BCUT2D eigenvalue weighted by atomic mass is 10.0. The van der Waals surface area contributed by atoms with E-state index in [9.17, 15) is 14.4 Å². The number of carbonyl (C=O) groups excluding carboxylic acids is 3. The van der Waals surface area contributed by atoms with Crippen molar-refractivity contribution in [1.82, 2.24) is 0 Å². The first-order chi connectivity index (χ1) is 37.5. The summed E-state index contributed by atoms with van der Waals surface area (Å²) in [6.45, 7) is 6.29. The molecule has 0 aliphatic rings. The molecule has 0 aromatic carbocycles. The van der Waals surface area contributed by atoms with Gasteiger partial charge in [-0.2, -0.15) is 0 Å². The summed E-state index contributed by atoms with van der Waals surface area (Å²) in [5.74, 6) is -1.07. The van der Waals surface area contributed by atoms with Crippen molar-refractivity contribution in [2.75, 3.05) is 13.2 Å². The van der Waals surface area contributed by atoms with E-state index in [-0.39, 0.29) is 38.0 Å². The van der Waals surface area contributed by atoms with E-state index < -0.39 is 12.1 Å². The molecule has 0 amide bonds. The van der Waals surface area contributed by atoms with Crippen LogP contribution in [0.4, 0.5) is 0 Å². The second-order valence-corrected chi connectivity index (χ2v) is 19.9. The zero-order valence-electron chi connectivity index (χ0n) is 49.0. The number of hydrogen-bond acceptors (Lipinski definition) is 6. The SMILES string of the molecule is CC/C=C\C/C=C\C/C=C\C/C=C\C/C=C\CCCCCCCCCCCCCC(=O)OCC(COC(=O)C/C=C\C/C=C\C/C=C\C/C=C\C/C=C\CC)OC(=O)CCCCCCC/C=C\C/C=C\CCCCCC. The predicted molar refractivity (Wildman–Crippen MR) is 329 cm³/mol. The molecule has 76 heavy (non-hydrogen) atoms. The maximum Gasteiger partial charge on any atom is 0.309 e. The highest BCUT2D eigenvalue weighted by Crippen LogP contribution is 2.15. The lowest BCUT2D eigenvalue weighted by Crippen LogP contribution is -2.30. The molecule has 0 fully saturated rings.